The van der Waals surface area contributed by atoms with E-state index in [0.717, 1.165) is 0 Å². The van der Waals surface area contributed by atoms with Crippen LogP contribution in [-0.4, -0.2) is 64.6 Å². The van der Waals surface area contributed by atoms with E-state index in [1.165, 1.54) is 46.6 Å². The molecule has 0 N–H and O–H groups in total. The molecule has 0 nitrogen and oxygen atoms in total. The first-order valence-corrected chi connectivity index (χ1v) is 55.4. The van der Waals surface area contributed by atoms with E-state index >= 15 is 0 Å². The van der Waals surface area contributed by atoms with E-state index in [9.17, 15) is 0 Å². The highest BCUT2D eigenvalue weighted by atomic mass is 28.3. The molecule has 402 valence electrons. The highest BCUT2D eigenvalue weighted by molar-refractivity contribution is 6.91. The maximum atomic E-state index is 2.42. The Morgan fingerprint density at radius 3 is 0.408 bits per heavy atom. The molecule has 0 fully saturated rings. The fourth-order valence-corrected chi connectivity index (χ4v) is 12.1. The van der Waals surface area contributed by atoms with E-state index in [1.54, 1.807) is 15.6 Å². The van der Waals surface area contributed by atoms with Gasteiger partial charge in [-0.15, -0.1) is 0 Å². The molecule has 0 aromatic heterocycles. The summed E-state index contributed by atoms with van der Waals surface area (Å²) >= 11 is 0. The maximum absolute atomic E-state index is 2.42. The van der Waals surface area contributed by atoms with Gasteiger partial charge >= 0.3 is 0 Å². The number of benzene rings is 5. The highest BCUT2D eigenvalue weighted by Gasteiger charge is 2.21. The minimum absolute atomic E-state index is 0.631. The average molecular weight is 1100 g/mol. The minimum Gasteiger partial charge on any atom is -0.0696 e. The van der Waals surface area contributed by atoms with Crippen LogP contribution in [0.3, 0.4) is 0 Å². The van der Waals surface area contributed by atoms with Gasteiger partial charge in [-0.2, -0.15) is 0 Å². The molecule has 5 aromatic rings. The molecule has 5 aromatic carbocycles. The van der Waals surface area contributed by atoms with E-state index in [1.807, 2.05) is 0 Å². The molecular formula is C63H118Si8. The quantitative estimate of drug-likeness (QED) is 0.116. The van der Waals surface area contributed by atoms with Crippen LogP contribution in [0.2, 0.25) is 174 Å². The van der Waals surface area contributed by atoms with Crippen molar-refractivity contribution in [3.05, 3.63) is 152 Å². The van der Waals surface area contributed by atoms with Gasteiger partial charge in [0.25, 0.3) is 0 Å². The summed E-state index contributed by atoms with van der Waals surface area (Å²) in [6, 6.07) is 62.4. The summed E-state index contributed by atoms with van der Waals surface area (Å²) in [5.41, 5.74) is 0. The van der Waals surface area contributed by atoms with E-state index in [-0.39, 0.29) is 0 Å². The Morgan fingerprint density at radius 2 is 0.324 bits per heavy atom. The number of rotatable bonds is 11. The Balaban J connectivity index is -0.000000754. The van der Waals surface area contributed by atoms with Gasteiger partial charge in [-0.25, -0.2) is 0 Å². The van der Waals surface area contributed by atoms with Crippen molar-refractivity contribution in [2.24, 2.45) is 0 Å². The predicted molar refractivity (Wildman–Crippen MR) is 362 cm³/mol. The molecule has 0 aliphatic carbocycles. The van der Waals surface area contributed by atoms with Crippen molar-refractivity contribution in [2.45, 2.75) is 215 Å². The molecule has 5 rings (SSSR count). The van der Waals surface area contributed by atoms with Crippen LogP contribution in [0.5, 0.6) is 0 Å². The smallest absolute Gasteiger partial charge is 0.0696 e. The van der Waals surface area contributed by atoms with Gasteiger partial charge in [0, 0.05) is 24.2 Å². The van der Waals surface area contributed by atoms with Crippen LogP contribution in [0.25, 0.3) is 0 Å². The molecule has 0 aliphatic rings. The van der Waals surface area contributed by atoms with Gasteiger partial charge in [-0.05, 0) is 0 Å². The normalized spacial score (nSPS) is 11.6. The van der Waals surface area contributed by atoms with Gasteiger partial charge in [0.05, 0.1) is 40.4 Å². The van der Waals surface area contributed by atoms with Gasteiger partial charge in [-0.1, -0.05) is 393 Å². The lowest BCUT2D eigenvalue weighted by atomic mass is 10.4. The van der Waals surface area contributed by atoms with Crippen LogP contribution >= 0.6 is 0 Å². The lowest BCUT2D eigenvalue weighted by molar-refractivity contribution is 1.36. The zero-order valence-electron chi connectivity index (χ0n) is 52.2. The lowest BCUT2D eigenvalue weighted by Gasteiger charge is -2.20. The van der Waals surface area contributed by atoms with Crippen molar-refractivity contribution < 1.29 is 0 Å². The molecule has 0 aliphatic heterocycles. The average Bonchev–Trinajstić information content (AvgIpc) is 3.33. The molecule has 8 heteroatoms. The first-order chi connectivity index (χ1) is 32.4. The third-order valence-electron chi connectivity index (χ3n) is 13.8. The molecule has 0 unspecified atom stereocenters. The summed E-state index contributed by atoms with van der Waals surface area (Å²) in [4.78, 5) is 0. The van der Waals surface area contributed by atoms with Crippen LogP contribution in [0.15, 0.2) is 152 Å². The first kappa shape index (κ1) is 73.1. The minimum atomic E-state index is -1.05. The molecule has 0 radical (unpaired) electrons. The summed E-state index contributed by atoms with van der Waals surface area (Å²) in [5, 5.41) is 7.79. The van der Waals surface area contributed by atoms with Crippen molar-refractivity contribution in [1.82, 2.24) is 0 Å². The second-order valence-corrected chi connectivity index (χ2v) is 69.6. The summed E-state index contributed by atoms with van der Waals surface area (Å²) in [7, 11) is -7.12. The van der Waals surface area contributed by atoms with Crippen LogP contribution in [-0.2, 0) is 0 Å². The Morgan fingerprint density at radius 1 is 0.197 bits per heavy atom. The fraction of sp³-hybridized carbons (Fsp3) is 0.524. The second kappa shape index (κ2) is 35.9. The zero-order valence-corrected chi connectivity index (χ0v) is 60.2. The predicted octanol–water partition coefficient (Wildman–Crippen LogP) is 19.4. The van der Waals surface area contributed by atoms with Crippen LogP contribution in [0.4, 0.5) is 0 Å². The Labute approximate surface area is 454 Å². The molecule has 0 spiro atoms. The first-order valence-electron chi connectivity index (χ1n) is 27.7. The Kier molecular flexibility index (Phi) is 37.0. The summed E-state index contributed by atoms with van der Waals surface area (Å²) in [5.74, 6) is 0. The standard InChI is InChI=1S/3C10H16Si.2C9H14Si.3C5H14Si/c3*1-4-11(2,3)10-8-6-5-7-9-10;2*1-10(2,3)9-7-5-4-6-8-9;3*1-5-6(2,3)4/h3*5-9H,4H2,1-3H3;2*4-8H,1-3H3;3*5H2,1-4H3. The molecule has 0 heterocycles. The molecule has 0 saturated carbocycles. The van der Waals surface area contributed by atoms with Crippen molar-refractivity contribution in [2.75, 3.05) is 0 Å². The van der Waals surface area contributed by atoms with Gasteiger partial charge in [0.2, 0.25) is 0 Å². The monoisotopic (exact) mass is 1100 g/mol. The van der Waals surface area contributed by atoms with Crippen molar-refractivity contribution in [3.63, 3.8) is 0 Å². The molecule has 71 heavy (non-hydrogen) atoms. The number of hydrogen-bond donors (Lipinski definition) is 0. The van der Waals surface area contributed by atoms with Gasteiger partial charge in [0.15, 0.2) is 0 Å². The van der Waals surface area contributed by atoms with Gasteiger partial charge < -0.3 is 0 Å². The van der Waals surface area contributed by atoms with E-state index < -0.39 is 64.6 Å². The molecule has 0 amide bonds. The van der Waals surface area contributed by atoms with Crippen LogP contribution in [0, 0.1) is 0 Å². The maximum Gasteiger partial charge on any atom is 0.0803 e. The summed E-state index contributed by atoms with van der Waals surface area (Å²) < 4.78 is 0. The van der Waals surface area contributed by atoms with E-state index in [2.05, 4.69) is 331 Å². The van der Waals surface area contributed by atoms with Gasteiger partial charge in [-0.3, -0.25) is 0 Å². The Bertz CT molecular complexity index is 1760. The summed E-state index contributed by atoms with van der Waals surface area (Å²) in [6.07, 6.45) is 0. The Hall–Kier alpha value is -2.16. The fourth-order valence-electron chi connectivity index (χ4n) is 5.16. The van der Waals surface area contributed by atoms with Crippen molar-refractivity contribution in [1.29, 1.82) is 0 Å². The van der Waals surface area contributed by atoms with E-state index in [0.29, 0.717) is 0 Å². The molecule has 0 atom stereocenters. The third-order valence-corrected chi connectivity index (χ3v) is 35.3. The molecular weight excluding hydrogens is 981 g/mol. The topological polar surface area (TPSA) is 0 Å². The van der Waals surface area contributed by atoms with E-state index in [4.69, 9.17) is 0 Å². The third kappa shape index (κ3) is 39.9. The van der Waals surface area contributed by atoms with Crippen molar-refractivity contribution in [3.8, 4) is 0 Å². The zero-order chi connectivity index (χ0) is 55.8. The van der Waals surface area contributed by atoms with Gasteiger partial charge in [0.1, 0.15) is 0 Å². The summed E-state index contributed by atoms with van der Waals surface area (Å²) in [6.45, 7) is 63.8. The van der Waals surface area contributed by atoms with Crippen molar-refractivity contribution >= 4 is 90.5 Å². The largest absolute Gasteiger partial charge is 0.0803 e. The van der Waals surface area contributed by atoms with Crippen LogP contribution in [0.1, 0.15) is 41.5 Å². The highest BCUT2D eigenvalue weighted by Crippen LogP contribution is 2.11. The second-order valence-electron chi connectivity index (χ2n) is 26.8. The molecule has 0 bridgehead atoms. The number of hydrogen-bond acceptors (Lipinski definition) is 0. The molecule has 0 saturated heterocycles. The SMILES string of the molecule is CC[Si](C)(C)C.CC[Si](C)(C)C.CC[Si](C)(C)C.CC[Si](C)(C)c1ccccc1.CC[Si](C)(C)c1ccccc1.CC[Si](C)(C)c1ccccc1.C[Si](C)(C)c1ccccc1.C[Si](C)(C)c1ccccc1. The van der Waals surface area contributed by atoms with Crippen LogP contribution < -0.4 is 25.9 Å². The lowest BCUT2D eigenvalue weighted by Crippen LogP contribution is -2.39.